The van der Waals surface area contributed by atoms with Gasteiger partial charge in [0, 0.05) is 24.3 Å². The predicted molar refractivity (Wildman–Crippen MR) is 72.1 cm³/mol. The van der Waals surface area contributed by atoms with Crippen LogP contribution in [-0.4, -0.2) is 24.1 Å². The molecule has 0 amide bonds. The Kier molecular flexibility index (Phi) is 5.10. The van der Waals surface area contributed by atoms with Gasteiger partial charge in [0.05, 0.1) is 5.02 Å². The zero-order valence-electron chi connectivity index (χ0n) is 10.2. The molecule has 0 unspecified atom stereocenters. The third-order valence-corrected chi connectivity index (χ3v) is 2.89. The van der Waals surface area contributed by atoms with Gasteiger partial charge in [-0.1, -0.05) is 23.7 Å². The maximum absolute atomic E-state index is 8.62. The number of hydrogen-bond acceptors (Lipinski definition) is 3. The van der Waals surface area contributed by atoms with Crippen molar-refractivity contribution in [3.8, 4) is 0 Å². The summed E-state index contributed by atoms with van der Waals surface area (Å²) >= 11 is 6.11. The first-order valence-electron chi connectivity index (χ1n) is 5.66. The first-order valence-corrected chi connectivity index (χ1v) is 6.04. The van der Waals surface area contributed by atoms with E-state index in [9.17, 15) is 0 Å². The van der Waals surface area contributed by atoms with Crippen LogP contribution in [0.15, 0.2) is 23.4 Å². The lowest BCUT2D eigenvalue weighted by molar-refractivity contribution is 0.318. The Morgan fingerprint density at radius 2 is 2.18 bits per heavy atom. The van der Waals surface area contributed by atoms with E-state index < -0.39 is 0 Å². The highest BCUT2D eigenvalue weighted by Crippen LogP contribution is 2.23. The van der Waals surface area contributed by atoms with E-state index >= 15 is 0 Å². The summed E-state index contributed by atoms with van der Waals surface area (Å²) in [5.74, 6) is 0.0279. The lowest BCUT2D eigenvalue weighted by atomic mass is 10.1. The smallest absolute Gasteiger partial charge is 0.171 e. The van der Waals surface area contributed by atoms with Crippen molar-refractivity contribution < 1.29 is 5.21 Å². The van der Waals surface area contributed by atoms with Gasteiger partial charge in [-0.15, -0.1) is 0 Å². The van der Waals surface area contributed by atoms with Gasteiger partial charge in [-0.3, -0.25) is 0 Å². The van der Waals surface area contributed by atoms with Crippen molar-refractivity contribution in [3.63, 3.8) is 0 Å². The highest BCUT2D eigenvalue weighted by molar-refractivity contribution is 6.34. The Bertz CT molecular complexity index is 407. The molecule has 1 aromatic carbocycles. The van der Waals surface area contributed by atoms with Gasteiger partial charge in [0.25, 0.3) is 0 Å². The van der Waals surface area contributed by atoms with Crippen molar-refractivity contribution in [3.05, 3.63) is 28.8 Å². The summed E-state index contributed by atoms with van der Waals surface area (Å²) in [6.45, 7) is 6.14. The molecular formula is C12H18ClN3O. The summed E-state index contributed by atoms with van der Waals surface area (Å²) in [6.07, 6.45) is 1.08. The van der Waals surface area contributed by atoms with Crippen molar-refractivity contribution in [2.75, 3.05) is 18.0 Å². The average Bonchev–Trinajstić information content (AvgIpc) is 2.35. The number of nitrogens with zero attached hydrogens (tertiary/aromatic N) is 2. The first kappa shape index (κ1) is 13.6. The summed E-state index contributed by atoms with van der Waals surface area (Å²) in [5.41, 5.74) is 7.11. The second-order valence-electron chi connectivity index (χ2n) is 3.73. The Morgan fingerprint density at radius 1 is 1.47 bits per heavy atom. The zero-order valence-corrected chi connectivity index (χ0v) is 10.9. The molecule has 0 fully saturated rings. The van der Waals surface area contributed by atoms with Gasteiger partial charge in [0.2, 0.25) is 0 Å². The molecule has 0 spiro atoms. The summed E-state index contributed by atoms with van der Waals surface area (Å²) in [7, 11) is 0. The Hall–Kier alpha value is -1.42. The third kappa shape index (κ3) is 3.27. The topological polar surface area (TPSA) is 61.8 Å². The summed E-state index contributed by atoms with van der Waals surface area (Å²) < 4.78 is 0. The quantitative estimate of drug-likeness (QED) is 0.368. The van der Waals surface area contributed by atoms with E-state index in [0.717, 1.165) is 25.2 Å². The van der Waals surface area contributed by atoms with Crippen LogP contribution >= 0.6 is 11.6 Å². The number of halogens is 1. The zero-order chi connectivity index (χ0) is 12.8. The van der Waals surface area contributed by atoms with Crippen molar-refractivity contribution in [1.82, 2.24) is 0 Å². The monoisotopic (exact) mass is 255 g/mol. The molecular weight excluding hydrogens is 238 g/mol. The minimum atomic E-state index is 0.0279. The van der Waals surface area contributed by atoms with E-state index in [0.29, 0.717) is 10.6 Å². The van der Waals surface area contributed by atoms with E-state index in [1.165, 1.54) is 0 Å². The van der Waals surface area contributed by atoms with Crippen molar-refractivity contribution in [2.45, 2.75) is 20.3 Å². The molecule has 0 bridgehead atoms. The molecule has 4 nitrogen and oxygen atoms in total. The van der Waals surface area contributed by atoms with Crippen LogP contribution in [0.5, 0.6) is 0 Å². The maximum Gasteiger partial charge on any atom is 0.171 e. The highest BCUT2D eigenvalue weighted by Gasteiger charge is 2.09. The molecule has 0 aliphatic heterocycles. The lowest BCUT2D eigenvalue weighted by Gasteiger charge is -2.23. The van der Waals surface area contributed by atoms with Crippen LogP contribution in [0.3, 0.4) is 0 Å². The molecule has 1 rings (SSSR count). The molecule has 0 heterocycles. The summed E-state index contributed by atoms with van der Waals surface area (Å²) in [6, 6.07) is 5.54. The van der Waals surface area contributed by atoms with E-state index in [4.69, 9.17) is 22.5 Å². The predicted octanol–water partition coefficient (Wildman–Crippen LogP) is 2.67. The average molecular weight is 256 g/mol. The summed E-state index contributed by atoms with van der Waals surface area (Å²) in [4.78, 5) is 2.22. The number of rotatable bonds is 5. The molecule has 0 radical (unpaired) electrons. The molecule has 0 atom stereocenters. The fourth-order valence-corrected chi connectivity index (χ4v) is 1.97. The Balaban J connectivity index is 3.03. The van der Waals surface area contributed by atoms with Crippen molar-refractivity contribution in [2.24, 2.45) is 10.9 Å². The van der Waals surface area contributed by atoms with Crippen LogP contribution in [0.2, 0.25) is 5.02 Å². The fraction of sp³-hybridized carbons (Fsp3) is 0.417. The number of oxime groups is 1. The van der Waals surface area contributed by atoms with Crippen LogP contribution in [-0.2, 0) is 0 Å². The van der Waals surface area contributed by atoms with Crippen LogP contribution in [0.1, 0.15) is 25.8 Å². The SMILES string of the molecule is CCCN(CC)c1ccc(C(N)=NO)c(Cl)c1. The third-order valence-electron chi connectivity index (χ3n) is 2.58. The Labute approximate surface area is 107 Å². The number of amidine groups is 1. The highest BCUT2D eigenvalue weighted by atomic mass is 35.5. The van der Waals surface area contributed by atoms with Crippen LogP contribution < -0.4 is 10.6 Å². The van der Waals surface area contributed by atoms with Gasteiger partial charge < -0.3 is 15.8 Å². The fourth-order valence-electron chi connectivity index (χ4n) is 1.70. The molecule has 0 saturated heterocycles. The molecule has 0 saturated carbocycles. The second-order valence-corrected chi connectivity index (χ2v) is 4.14. The molecule has 1 aromatic rings. The molecule has 3 N–H and O–H groups in total. The molecule has 0 aromatic heterocycles. The maximum atomic E-state index is 8.62. The second kappa shape index (κ2) is 6.35. The van der Waals surface area contributed by atoms with Gasteiger partial charge in [0.1, 0.15) is 0 Å². The van der Waals surface area contributed by atoms with Crippen LogP contribution in [0, 0.1) is 0 Å². The molecule has 5 heteroatoms. The number of hydrogen-bond donors (Lipinski definition) is 2. The number of benzene rings is 1. The molecule has 0 aliphatic carbocycles. The van der Waals surface area contributed by atoms with Gasteiger partial charge in [-0.05, 0) is 31.5 Å². The van der Waals surface area contributed by atoms with Gasteiger partial charge in [0.15, 0.2) is 5.84 Å². The first-order chi connectivity index (χ1) is 8.13. The standard InChI is InChI=1S/C12H18ClN3O/c1-3-7-16(4-2)9-5-6-10(11(13)8-9)12(14)15-17/h5-6,8,17H,3-4,7H2,1-2H3,(H2,14,15). The minimum Gasteiger partial charge on any atom is -0.409 e. The van der Waals surface area contributed by atoms with Crippen LogP contribution in [0.25, 0.3) is 0 Å². The molecule has 94 valence electrons. The van der Waals surface area contributed by atoms with E-state index in [-0.39, 0.29) is 5.84 Å². The summed E-state index contributed by atoms with van der Waals surface area (Å²) in [5, 5.41) is 12.1. The van der Waals surface area contributed by atoms with Crippen molar-refractivity contribution >= 4 is 23.1 Å². The van der Waals surface area contributed by atoms with E-state index in [1.807, 2.05) is 12.1 Å². The lowest BCUT2D eigenvalue weighted by Crippen LogP contribution is -2.23. The van der Waals surface area contributed by atoms with E-state index in [2.05, 4.69) is 23.9 Å². The van der Waals surface area contributed by atoms with Gasteiger partial charge >= 0.3 is 0 Å². The minimum absolute atomic E-state index is 0.0279. The normalized spacial score (nSPS) is 11.6. The Morgan fingerprint density at radius 3 is 2.65 bits per heavy atom. The van der Waals surface area contributed by atoms with Crippen molar-refractivity contribution in [1.29, 1.82) is 0 Å². The van der Waals surface area contributed by atoms with Gasteiger partial charge in [-0.2, -0.15) is 0 Å². The van der Waals surface area contributed by atoms with Crippen LogP contribution in [0.4, 0.5) is 5.69 Å². The van der Waals surface area contributed by atoms with E-state index in [1.54, 1.807) is 6.07 Å². The van der Waals surface area contributed by atoms with Gasteiger partial charge in [-0.25, -0.2) is 0 Å². The molecule has 17 heavy (non-hydrogen) atoms. The largest absolute Gasteiger partial charge is 0.409 e. The molecule has 0 aliphatic rings. The number of nitrogens with two attached hydrogens (primary N) is 1. The number of anilines is 1.